The number of hydrogen-bond acceptors (Lipinski definition) is 5. The second kappa shape index (κ2) is 7.21. The van der Waals surface area contributed by atoms with Crippen LogP contribution in [0.4, 0.5) is 5.69 Å². The first-order valence-corrected chi connectivity index (χ1v) is 8.25. The van der Waals surface area contributed by atoms with Crippen LogP contribution >= 0.6 is 23.2 Å². The van der Waals surface area contributed by atoms with Crippen molar-refractivity contribution >= 4 is 40.6 Å². The molecule has 1 aliphatic rings. The summed E-state index contributed by atoms with van der Waals surface area (Å²) in [7, 11) is 0. The molecule has 1 N–H and O–H groups in total. The van der Waals surface area contributed by atoms with Gasteiger partial charge < -0.3 is 5.32 Å². The number of hydrogen-bond donors (Lipinski definition) is 1. The van der Waals surface area contributed by atoms with Gasteiger partial charge >= 0.3 is 0 Å². The van der Waals surface area contributed by atoms with Crippen LogP contribution in [0, 0.1) is 0 Å². The monoisotopic (exact) mass is 375 g/mol. The molecular formula is C17H15Cl2N5O. The van der Waals surface area contributed by atoms with E-state index in [2.05, 4.69) is 20.4 Å². The summed E-state index contributed by atoms with van der Waals surface area (Å²) in [4.78, 5) is 20.1. The maximum Gasteiger partial charge on any atom is 0.260 e. The van der Waals surface area contributed by atoms with Crippen molar-refractivity contribution in [3.05, 3.63) is 63.7 Å². The Morgan fingerprint density at radius 2 is 1.88 bits per heavy atom. The molecule has 0 saturated carbocycles. The third kappa shape index (κ3) is 3.81. The number of carbonyl (C=O) groups excluding carboxylic acids is 1. The van der Waals surface area contributed by atoms with E-state index in [1.54, 1.807) is 17.1 Å². The van der Waals surface area contributed by atoms with Crippen LogP contribution < -0.4 is 10.3 Å². The summed E-state index contributed by atoms with van der Waals surface area (Å²) < 4.78 is 0. The van der Waals surface area contributed by atoms with Gasteiger partial charge in [0.2, 0.25) is 0 Å². The molecule has 1 amide bonds. The van der Waals surface area contributed by atoms with Gasteiger partial charge in [-0.25, -0.2) is 9.97 Å². The fourth-order valence-corrected chi connectivity index (χ4v) is 2.62. The molecule has 0 unspecified atom stereocenters. The van der Waals surface area contributed by atoms with Crippen molar-refractivity contribution in [3.63, 3.8) is 0 Å². The predicted octanol–water partition coefficient (Wildman–Crippen LogP) is 3.68. The average molecular weight is 376 g/mol. The van der Waals surface area contributed by atoms with Crippen LogP contribution in [-0.4, -0.2) is 28.3 Å². The third-order valence-corrected chi connectivity index (χ3v) is 4.41. The molecule has 0 atom stereocenters. The smallest absolute Gasteiger partial charge is 0.260 e. The van der Waals surface area contributed by atoms with Crippen molar-refractivity contribution in [2.24, 2.45) is 5.10 Å². The highest BCUT2D eigenvalue weighted by molar-refractivity contribution is 6.42. The van der Waals surface area contributed by atoms with Crippen LogP contribution in [0.2, 0.25) is 10.0 Å². The summed E-state index contributed by atoms with van der Waals surface area (Å²) in [6.07, 6.45) is 4.28. The van der Waals surface area contributed by atoms with E-state index in [9.17, 15) is 4.79 Å². The van der Waals surface area contributed by atoms with Gasteiger partial charge in [-0.15, -0.1) is 0 Å². The van der Waals surface area contributed by atoms with Gasteiger partial charge in [0.1, 0.15) is 6.33 Å². The number of hydrazone groups is 1. The van der Waals surface area contributed by atoms with E-state index in [0.717, 1.165) is 16.8 Å². The number of benzene rings is 1. The number of carbonyl (C=O) groups is 1. The van der Waals surface area contributed by atoms with Crippen molar-refractivity contribution in [1.82, 2.24) is 15.3 Å². The van der Waals surface area contributed by atoms with Crippen molar-refractivity contribution < 1.29 is 4.79 Å². The number of nitrogens with one attached hydrogen (secondary N) is 1. The zero-order valence-corrected chi connectivity index (χ0v) is 15.1. The lowest BCUT2D eigenvalue weighted by atomic mass is 10.1. The second-order valence-corrected chi connectivity index (χ2v) is 6.48. The average Bonchev–Trinajstić information content (AvgIpc) is 3.02. The van der Waals surface area contributed by atoms with E-state index >= 15 is 0 Å². The van der Waals surface area contributed by atoms with Crippen LogP contribution in [-0.2, 0) is 0 Å². The first-order valence-electron chi connectivity index (χ1n) is 7.50. The number of amidine groups is 1. The van der Waals surface area contributed by atoms with E-state index < -0.39 is 0 Å². The van der Waals surface area contributed by atoms with E-state index in [1.165, 1.54) is 18.7 Å². The van der Waals surface area contributed by atoms with Gasteiger partial charge in [0, 0.05) is 18.0 Å². The Labute approximate surface area is 155 Å². The van der Waals surface area contributed by atoms with Crippen molar-refractivity contribution in [1.29, 1.82) is 0 Å². The van der Waals surface area contributed by atoms with Crippen LogP contribution in [0.5, 0.6) is 0 Å². The second-order valence-electron chi connectivity index (χ2n) is 5.66. The summed E-state index contributed by atoms with van der Waals surface area (Å²) in [5, 5.41) is 10.0. The number of nitrogens with zero attached hydrogens (tertiary/aromatic N) is 4. The third-order valence-electron chi connectivity index (χ3n) is 3.67. The zero-order chi connectivity index (χ0) is 18.0. The molecule has 0 radical (unpaired) electrons. The van der Waals surface area contributed by atoms with Gasteiger partial charge in [-0.2, -0.15) is 5.10 Å². The summed E-state index contributed by atoms with van der Waals surface area (Å²) >= 11 is 12.1. The summed E-state index contributed by atoms with van der Waals surface area (Å²) in [6, 6.07) is 5.29. The Kier molecular flexibility index (Phi) is 5.01. The van der Waals surface area contributed by atoms with Gasteiger partial charge in [-0.1, -0.05) is 28.8 Å². The Balaban J connectivity index is 1.88. The molecule has 1 aromatic carbocycles. The molecule has 0 spiro atoms. The number of rotatable bonds is 2. The maximum absolute atomic E-state index is 12.4. The molecule has 2 heterocycles. The van der Waals surface area contributed by atoms with Crippen molar-refractivity contribution in [2.45, 2.75) is 13.8 Å². The number of halogens is 2. The highest BCUT2D eigenvalue weighted by atomic mass is 35.5. The molecule has 1 aromatic heterocycles. The topological polar surface area (TPSA) is 70.5 Å². The lowest BCUT2D eigenvalue weighted by Gasteiger charge is -2.14. The molecule has 3 rings (SSSR count). The molecular weight excluding hydrogens is 361 g/mol. The van der Waals surface area contributed by atoms with Crippen LogP contribution in [0.15, 0.2) is 53.2 Å². The van der Waals surface area contributed by atoms with Gasteiger partial charge in [0.05, 0.1) is 27.8 Å². The molecule has 25 heavy (non-hydrogen) atoms. The summed E-state index contributed by atoms with van der Waals surface area (Å²) in [5.74, 6) is 0.189. The highest BCUT2D eigenvalue weighted by Crippen LogP contribution is 2.30. The first-order chi connectivity index (χ1) is 12.0. The van der Waals surface area contributed by atoms with Crippen LogP contribution in [0.25, 0.3) is 0 Å². The molecule has 0 bridgehead atoms. The Hall–Kier alpha value is -2.44. The van der Waals surface area contributed by atoms with Crippen molar-refractivity contribution in [3.8, 4) is 0 Å². The maximum atomic E-state index is 12.4. The SMILES string of the molecule is CC(C)=C1CN(c2ccc(Cl)c(Cl)c2)N=C1NC(=O)c1cncnc1. The van der Waals surface area contributed by atoms with E-state index in [4.69, 9.17) is 23.2 Å². The van der Waals surface area contributed by atoms with E-state index in [0.29, 0.717) is 28.0 Å². The zero-order valence-electron chi connectivity index (χ0n) is 13.6. The van der Waals surface area contributed by atoms with E-state index in [1.807, 2.05) is 19.9 Å². The standard InChI is InChI=1S/C17H15Cl2N5O/c1-10(2)13-8-24(12-3-4-14(18)15(19)5-12)23-16(13)22-17(25)11-6-20-9-21-7-11/h3-7,9H,8H2,1-2H3,(H,22,23,25). The lowest BCUT2D eigenvalue weighted by molar-refractivity contribution is 0.0976. The minimum atomic E-state index is -0.311. The largest absolute Gasteiger partial charge is 0.305 e. The molecule has 128 valence electrons. The fraction of sp³-hybridized carbons (Fsp3) is 0.176. The molecule has 0 aliphatic carbocycles. The predicted molar refractivity (Wildman–Crippen MR) is 99.1 cm³/mol. The Morgan fingerprint density at radius 3 is 2.52 bits per heavy atom. The molecule has 1 aliphatic heterocycles. The lowest BCUT2D eigenvalue weighted by Crippen LogP contribution is -2.31. The number of aromatic nitrogens is 2. The molecule has 2 aromatic rings. The first kappa shape index (κ1) is 17.4. The Bertz CT molecular complexity index is 876. The van der Waals surface area contributed by atoms with Crippen LogP contribution in [0.1, 0.15) is 24.2 Å². The molecule has 0 fully saturated rings. The Morgan fingerprint density at radius 1 is 1.16 bits per heavy atom. The molecule has 6 nitrogen and oxygen atoms in total. The van der Waals surface area contributed by atoms with Gasteiger partial charge in [-0.3, -0.25) is 9.80 Å². The quantitative estimate of drug-likeness (QED) is 0.868. The number of allylic oxidation sites excluding steroid dienone is 1. The van der Waals surface area contributed by atoms with Gasteiger partial charge in [0.25, 0.3) is 5.91 Å². The summed E-state index contributed by atoms with van der Waals surface area (Å²) in [6.45, 7) is 4.48. The number of amides is 1. The fourth-order valence-electron chi connectivity index (χ4n) is 2.33. The van der Waals surface area contributed by atoms with Crippen molar-refractivity contribution in [2.75, 3.05) is 11.6 Å². The molecule has 0 saturated heterocycles. The van der Waals surface area contributed by atoms with Gasteiger partial charge in [-0.05, 0) is 32.0 Å². The van der Waals surface area contributed by atoms with Gasteiger partial charge in [0.15, 0.2) is 5.84 Å². The highest BCUT2D eigenvalue weighted by Gasteiger charge is 2.25. The molecule has 8 heteroatoms. The summed E-state index contributed by atoms with van der Waals surface area (Å²) in [5.41, 5.74) is 3.16. The van der Waals surface area contributed by atoms with Crippen LogP contribution in [0.3, 0.4) is 0 Å². The minimum Gasteiger partial charge on any atom is -0.305 e. The van der Waals surface area contributed by atoms with E-state index in [-0.39, 0.29) is 5.91 Å². The normalized spacial score (nSPS) is 13.7. The minimum absolute atomic E-state index is 0.311. The number of anilines is 1.